The Morgan fingerprint density at radius 1 is 0.966 bits per heavy atom. The Labute approximate surface area is 168 Å². The molecule has 0 saturated heterocycles. The third kappa shape index (κ3) is 4.35. The van der Waals surface area contributed by atoms with Crippen LogP contribution in [0.2, 0.25) is 0 Å². The molecule has 29 heavy (non-hydrogen) atoms. The molecular formula is C24H20N2O3. The molecule has 4 rings (SSSR count). The number of nitrogens with one attached hydrogen (secondary N) is 1. The third-order valence-electron chi connectivity index (χ3n) is 4.31. The van der Waals surface area contributed by atoms with E-state index in [0.717, 1.165) is 11.1 Å². The van der Waals surface area contributed by atoms with Gasteiger partial charge in [-0.15, -0.1) is 0 Å². The van der Waals surface area contributed by atoms with Crippen molar-refractivity contribution >= 4 is 28.3 Å². The van der Waals surface area contributed by atoms with E-state index < -0.39 is 0 Å². The first-order chi connectivity index (χ1) is 14.2. The first kappa shape index (κ1) is 18.5. The monoisotopic (exact) mass is 384 g/mol. The first-order valence-electron chi connectivity index (χ1n) is 9.40. The Morgan fingerprint density at radius 2 is 1.69 bits per heavy atom. The molecule has 0 bridgehead atoms. The molecule has 0 aliphatic rings. The predicted octanol–water partition coefficient (Wildman–Crippen LogP) is 5.32. The number of ether oxygens (including phenoxy) is 1. The first-order valence-corrected chi connectivity index (χ1v) is 9.40. The Bertz CT molecular complexity index is 1200. The van der Waals surface area contributed by atoms with Gasteiger partial charge in [0.25, 0.3) is 5.91 Å². The number of nitrogens with zero attached hydrogens (tertiary/aromatic N) is 1. The number of amides is 1. The molecule has 5 nitrogen and oxygen atoms in total. The Balaban J connectivity index is 1.78. The average Bonchev–Trinajstić information content (AvgIpc) is 2.75. The highest BCUT2D eigenvalue weighted by molar-refractivity contribution is 6.05. The lowest BCUT2D eigenvalue weighted by Crippen LogP contribution is -2.21. The van der Waals surface area contributed by atoms with E-state index in [1.165, 1.54) is 0 Å². The zero-order chi connectivity index (χ0) is 20.1. The van der Waals surface area contributed by atoms with Crippen LogP contribution in [0.25, 0.3) is 11.0 Å². The van der Waals surface area contributed by atoms with Crippen LogP contribution in [-0.4, -0.2) is 12.5 Å². The van der Waals surface area contributed by atoms with Crippen LogP contribution in [0.4, 0.5) is 11.4 Å². The highest BCUT2D eigenvalue weighted by Gasteiger charge is 2.13. The summed E-state index contributed by atoms with van der Waals surface area (Å²) in [5.41, 5.74) is 2.65. The van der Waals surface area contributed by atoms with Crippen molar-refractivity contribution in [2.45, 2.75) is 6.92 Å². The molecule has 1 heterocycles. The normalized spacial score (nSPS) is 11.4. The molecule has 0 fully saturated rings. The van der Waals surface area contributed by atoms with Crippen molar-refractivity contribution in [3.05, 3.63) is 96.0 Å². The van der Waals surface area contributed by atoms with Gasteiger partial charge in [-0.3, -0.25) is 4.79 Å². The second kappa shape index (κ2) is 8.44. The summed E-state index contributed by atoms with van der Waals surface area (Å²) in [5.74, 6) is 0.485. The van der Waals surface area contributed by atoms with E-state index in [1.54, 1.807) is 6.07 Å². The summed E-state index contributed by atoms with van der Waals surface area (Å²) in [4.78, 5) is 17.5. The van der Waals surface area contributed by atoms with E-state index in [4.69, 9.17) is 9.15 Å². The van der Waals surface area contributed by atoms with Gasteiger partial charge < -0.3 is 14.5 Å². The molecule has 0 atom stereocenters. The number of benzene rings is 3. The van der Waals surface area contributed by atoms with E-state index >= 15 is 0 Å². The van der Waals surface area contributed by atoms with Crippen molar-refractivity contribution < 1.29 is 13.9 Å². The Kier molecular flexibility index (Phi) is 5.38. The summed E-state index contributed by atoms with van der Waals surface area (Å²) >= 11 is 0. The molecule has 0 aliphatic heterocycles. The molecule has 0 spiro atoms. The van der Waals surface area contributed by atoms with Crippen molar-refractivity contribution in [3.8, 4) is 5.75 Å². The van der Waals surface area contributed by atoms with E-state index in [-0.39, 0.29) is 11.5 Å². The topological polar surface area (TPSA) is 63.8 Å². The molecule has 5 heteroatoms. The van der Waals surface area contributed by atoms with E-state index in [2.05, 4.69) is 10.3 Å². The Hall–Kier alpha value is -3.86. The number of carbonyl (C=O) groups is 1. The lowest BCUT2D eigenvalue weighted by atomic mass is 10.1. The second-order valence-corrected chi connectivity index (χ2v) is 6.36. The molecule has 1 aromatic heterocycles. The number of para-hydroxylation sites is 2. The van der Waals surface area contributed by atoms with Gasteiger partial charge >= 0.3 is 0 Å². The molecule has 1 amide bonds. The second-order valence-electron chi connectivity index (χ2n) is 6.36. The number of fused-ring (bicyclic) bond motifs is 1. The number of rotatable bonds is 5. The fourth-order valence-corrected chi connectivity index (χ4v) is 2.94. The van der Waals surface area contributed by atoms with Crippen LogP contribution in [0.1, 0.15) is 17.3 Å². The van der Waals surface area contributed by atoms with Crippen LogP contribution in [0.5, 0.6) is 5.75 Å². The molecular weight excluding hydrogens is 364 g/mol. The third-order valence-corrected chi connectivity index (χ3v) is 4.31. The highest BCUT2D eigenvalue weighted by Crippen LogP contribution is 2.19. The fourth-order valence-electron chi connectivity index (χ4n) is 2.94. The molecule has 144 valence electrons. The van der Waals surface area contributed by atoms with Crippen molar-refractivity contribution in [1.29, 1.82) is 0 Å². The van der Waals surface area contributed by atoms with E-state index in [9.17, 15) is 4.79 Å². The van der Waals surface area contributed by atoms with Gasteiger partial charge in [-0.05, 0) is 55.5 Å². The lowest BCUT2D eigenvalue weighted by molar-refractivity contribution is 0.102. The number of anilines is 1. The largest absolute Gasteiger partial charge is 0.494 e. The summed E-state index contributed by atoms with van der Waals surface area (Å²) < 4.78 is 11.4. The standard InChI is InChI=1S/C24H20N2O3/c1-2-28-20-14-12-19(13-15-20)26-24-21(16-17-8-6-7-11-22(17)29-24)23(27)25-18-9-4-3-5-10-18/h3-16H,2H2,1H3,(H,25,27). The maximum absolute atomic E-state index is 13.0. The van der Waals surface area contributed by atoms with Gasteiger partial charge in [0, 0.05) is 11.1 Å². The molecule has 3 aromatic carbocycles. The molecule has 0 aliphatic carbocycles. The van der Waals surface area contributed by atoms with Gasteiger partial charge in [0.1, 0.15) is 16.9 Å². The van der Waals surface area contributed by atoms with Gasteiger partial charge in [-0.1, -0.05) is 36.4 Å². The van der Waals surface area contributed by atoms with Gasteiger partial charge in [0.05, 0.1) is 12.3 Å². The number of carbonyl (C=O) groups excluding carboxylic acids is 1. The van der Waals surface area contributed by atoms with Gasteiger partial charge in [-0.2, -0.15) is 0 Å². The maximum atomic E-state index is 13.0. The van der Waals surface area contributed by atoms with Gasteiger partial charge in [-0.25, -0.2) is 4.99 Å². The minimum absolute atomic E-state index is 0.251. The zero-order valence-corrected chi connectivity index (χ0v) is 16.0. The highest BCUT2D eigenvalue weighted by atomic mass is 16.5. The average molecular weight is 384 g/mol. The summed E-state index contributed by atoms with van der Waals surface area (Å²) in [6.45, 7) is 2.53. The number of hydrogen-bond acceptors (Lipinski definition) is 4. The summed E-state index contributed by atoms with van der Waals surface area (Å²) in [6, 6.07) is 26.0. The van der Waals surface area contributed by atoms with Crippen LogP contribution in [0, 0.1) is 0 Å². The maximum Gasteiger partial charge on any atom is 0.261 e. The minimum Gasteiger partial charge on any atom is -0.494 e. The van der Waals surface area contributed by atoms with Gasteiger partial charge in [0.2, 0.25) is 5.55 Å². The van der Waals surface area contributed by atoms with Crippen LogP contribution < -0.4 is 15.6 Å². The van der Waals surface area contributed by atoms with Crippen molar-refractivity contribution in [3.63, 3.8) is 0 Å². The molecule has 1 N–H and O–H groups in total. The SMILES string of the molecule is CCOc1ccc(N=c2oc3ccccc3cc2C(=O)Nc2ccccc2)cc1. The van der Waals surface area contributed by atoms with Crippen molar-refractivity contribution in [1.82, 2.24) is 0 Å². The Morgan fingerprint density at radius 3 is 2.45 bits per heavy atom. The van der Waals surface area contributed by atoms with Crippen LogP contribution in [-0.2, 0) is 0 Å². The van der Waals surface area contributed by atoms with E-state index in [1.807, 2.05) is 85.8 Å². The van der Waals surface area contributed by atoms with Crippen LogP contribution in [0.15, 0.2) is 94.3 Å². The van der Waals surface area contributed by atoms with E-state index in [0.29, 0.717) is 29.1 Å². The molecule has 0 saturated carbocycles. The van der Waals surface area contributed by atoms with Crippen LogP contribution >= 0.6 is 0 Å². The summed E-state index contributed by atoms with van der Waals surface area (Å²) in [5, 5.41) is 3.73. The molecule has 0 unspecified atom stereocenters. The lowest BCUT2D eigenvalue weighted by Gasteiger charge is -2.07. The molecule has 0 radical (unpaired) electrons. The van der Waals surface area contributed by atoms with Gasteiger partial charge in [0.15, 0.2) is 0 Å². The zero-order valence-electron chi connectivity index (χ0n) is 16.0. The number of hydrogen-bond donors (Lipinski definition) is 1. The molecule has 4 aromatic rings. The van der Waals surface area contributed by atoms with Crippen LogP contribution in [0.3, 0.4) is 0 Å². The van der Waals surface area contributed by atoms with Crippen molar-refractivity contribution in [2.75, 3.05) is 11.9 Å². The summed E-state index contributed by atoms with van der Waals surface area (Å²) in [7, 11) is 0. The smallest absolute Gasteiger partial charge is 0.261 e. The van der Waals surface area contributed by atoms with Crippen molar-refractivity contribution in [2.24, 2.45) is 4.99 Å². The quantitative estimate of drug-likeness (QED) is 0.507. The fraction of sp³-hybridized carbons (Fsp3) is 0.0833. The minimum atomic E-state index is -0.282. The predicted molar refractivity (Wildman–Crippen MR) is 113 cm³/mol. The summed E-state index contributed by atoms with van der Waals surface area (Å²) in [6.07, 6.45) is 0.